The maximum Gasteiger partial charge on any atom is 0.123 e. The average Bonchev–Trinajstić information content (AvgIpc) is 2.24. The monoisotopic (exact) mass is 289 g/mol. The van der Waals surface area contributed by atoms with Crippen LogP contribution < -0.4 is 0 Å². The molecule has 0 spiro atoms. The molecule has 0 atom stereocenters. The summed E-state index contributed by atoms with van der Waals surface area (Å²) in [4.78, 5) is 2.11. The lowest BCUT2D eigenvalue weighted by atomic mass is 10.2. The van der Waals surface area contributed by atoms with E-state index in [4.69, 9.17) is 5.11 Å². The molecule has 0 unspecified atom stereocenters. The van der Waals surface area contributed by atoms with Crippen LogP contribution in [0.15, 0.2) is 22.7 Å². The Morgan fingerprint density at radius 2 is 2.12 bits per heavy atom. The largest absolute Gasteiger partial charge is 0.395 e. The molecular formula is C12H17BrFNO. The van der Waals surface area contributed by atoms with Crippen LogP contribution in [0, 0.1) is 5.82 Å². The zero-order chi connectivity index (χ0) is 12.0. The lowest BCUT2D eigenvalue weighted by molar-refractivity contribution is 0.190. The van der Waals surface area contributed by atoms with Crippen molar-refractivity contribution in [3.8, 4) is 0 Å². The van der Waals surface area contributed by atoms with Gasteiger partial charge >= 0.3 is 0 Å². The van der Waals surface area contributed by atoms with Gasteiger partial charge in [0.25, 0.3) is 0 Å². The van der Waals surface area contributed by atoms with Crippen LogP contribution in [0.4, 0.5) is 4.39 Å². The molecule has 0 bridgehead atoms. The van der Waals surface area contributed by atoms with Crippen molar-refractivity contribution in [2.24, 2.45) is 0 Å². The van der Waals surface area contributed by atoms with Crippen LogP contribution in [0.1, 0.15) is 18.9 Å². The van der Waals surface area contributed by atoms with Gasteiger partial charge in [-0.05, 0) is 36.7 Å². The molecule has 1 aromatic rings. The maximum absolute atomic E-state index is 13.1. The second-order valence-electron chi connectivity index (χ2n) is 3.74. The van der Waals surface area contributed by atoms with Gasteiger partial charge < -0.3 is 5.11 Å². The van der Waals surface area contributed by atoms with E-state index in [1.807, 2.05) is 0 Å². The third kappa shape index (κ3) is 4.20. The normalized spacial score (nSPS) is 11.1. The Hall–Kier alpha value is -0.450. The second-order valence-corrected chi connectivity index (χ2v) is 4.59. The summed E-state index contributed by atoms with van der Waals surface area (Å²) >= 11 is 3.41. The third-order valence-corrected chi connectivity index (χ3v) is 3.13. The predicted octanol–water partition coefficient (Wildman–Crippen LogP) is 2.79. The summed E-state index contributed by atoms with van der Waals surface area (Å²) in [5, 5.41) is 8.94. The molecular weight excluding hydrogens is 273 g/mol. The highest BCUT2D eigenvalue weighted by atomic mass is 79.9. The smallest absolute Gasteiger partial charge is 0.123 e. The first-order valence-electron chi connectivity index (χ1n) is 5.44. The number of nitrogens with zero attached hydrogens (tertiary/aromatic N) is 1. The lowest BCUT2D eigenvalue weighted by Crippen LogP contribution is -2.27. The standard InChI is InChI=1S/C12H17BrFNO/c1-2-5-15(6-7-16)9-10-8-11(14)3-4-12(10)13/h3-4,8,16H,2,5-7,9H2,1H3. The molecule has 0 aliphatic heterocycles. The van der Waals surface area contributed by atoms with Crippen molar-refractivity contribution in [1.29, 1.82) is 0 Å². The van der Waals surface area contributed by atoms with E-state index < -0.39 is 0 Å². The molecule has 1 aromatic carbocycles. The van der Waals surface area contributed by atoms with Crippen LogP contribution in [0.25, 0.3) is 0 Å². The summed E-state index contributed by atoms with van der Waals surface area (Å²) in [5.74, 6) is -0.223. The van der Waals surface area contributed by atoms with Gasteiger partial charge in [0.15, 0.2) is 0 Å². The van der Waals surface area contributed by atoms with Crippen LogP contribution in [0.5, 0.6) is 0 Å². The summed E-state index contributed by atoms with van der Waals surface area (Å²) in [5.41, 5.74) is 0.918. The van der Waals surface area contributed by atoms with Gasteiger partial charge in [0.1, 0.15) is 5.82 Å². The molecule has 1 rings (SSSR count). The first-order valence-corrected chi connectivity index (χ1v) is 6.23. The van der Waals surface area contributed by atoms with Crippen LogP contribution in [0.3, 0.4) is 0 Å². The number of hydrogen-bond acceptors (Lipinski definition) is 2. The van der Waals surface area contributed by atoms with Crippen molar-refractivity contribution in [3.05, 3.63) is 34.1 Å². The number of rotatable bonds is 6. The topological polar surface area (TPSA) is 23.5 Å². The van der Waals surface area contributed by atoms with Crippen LogP contribution in [-0.4, -0.2) is 29.7 Å². The van der Waals surface area contributed by atoms with Crippen molar-refractivity contribution in [3.63, 3.8) is 0 Å². The Kier molecular flexibility index (Phi) is 5.95. The number of benzene rings is 1. The molecule has 90 valence electrons. The fourth-order valence-electron chi connectivity index (χ4n) is 1.63. The van der Waals surface area contributed by atoms with E-state index >= 15 is 0 Å². The zero-order valence-corrected chi connectivity index (χ0v) is 11.0. The van der Waals surface area contributed by atoms with Crippen molar-refractivity contribution >= 4 is 15.9 Å². The van der Waals surface area contributed by atoms with Gasteiger partial charge in [0.05, 0.1) is 6.61 Å². The van der Waals surface area contributed by atoms with E-state index in [-0.39, 0.29) is 12.4 Å². The summed E-state index contributed by atoms with van der Waals surface area (Å²) in [6, 6.07) is 4.68. The van der Waals surface area contributed by atoms with Crippen LogP contribution in [0.2, 0.25) is 0 Å². The predicted molar refractivity (Wildman–Crippen MR) is 66.8 cm³/mol. The molecule has 4 heteroatoms. The SMILES string of the molecule is CCCN(CCO)Cc1cc(F)ccc1Br. The van der Waals surface area contributed by atoms with E-state index in [1.54, 1.807) is 6.07 Å². The molecule has 0 radical (unpaired) electrons. The zero-order valence-electron chi connectivity index (χ0n) is 9.42. The summed E-state index contributed by atoms with van der Waals surface area (Å²) < 4.78 is 14.0. The number of halogens is 2. The Balaban J connectivity index is 2.71. The number of hydrogen-bond donors (Lipinski definition) is 1. The molecule has 1 N–H and O–H groups in total. The number of aliphatic hydroxyl groups is 1. The highest BCUT2D eigenvalue weighted by Gasteiger charge is 2.08. The van der Waals surface area contributed by atoms with Crippen molar-refractivity contribution in [2.45, 2.75) is 19.9 Å². The number of aliphatic hydroxyl groups excluding tert-OH is 1. The van der Waals surface area contributed by atoms with Gasteiger partial charge in [-0.3, -0.25) is 4.90 Å². The minimum atomic E-state index is -0.223. The fourth-order valence-corrected chi connectivity index (χ4v) is 2.00. The Morgan fingerprint density at radius 1 is 1.38 bits per heavy atom. The van der Waals surface area contributed by atoms with E-state index in [1.165, 1.54) is 12.1 Å². The molecule has 0 heterocycles. The highest BCUT2D eigenvalue weighted by molar-refractivity contribution is 9.10. The van der Waals surface area contributed by atoms with Gasteiger partial charge in [-0.25, -0.2) is 4.39 Å². The molecule has 2 nitrogen and oxygen atoms in total. The molecule has 0 fully saturated rings. The van der Waals surface area contributed by atoms with Crippen molar-refractivity contribution < 1.29 is 9.50 Å². The van der Waals surface area contributed by atoms with Gasteiger partial charge in [0, 0.05) is 17.6 Å². The van der Waals surface area contributed by atoms with Crippen molar-refractivity contribution in [2.75, 3.05) is 19.7 Å². The Labute approximate surface area is 104 Å². The van der Waals surface area contributed by atoms with Gasteiger partial charge in [0.2, 0.25) is 0 Å². The molecule has 0 aliphatic carbocycles. The van der Waals surface area contributed by atoms with E-state index in [9.17, 15) is 4.39 Å². The highest BCUT2D eigenvalue weighted by Crippen LogP contribution is 2.19. The maximum atomic E-state index is 13.1. The third-order valence-electron chi connectivity index (χ3n) is 2.36. The molecule has 16 heavy (non-hydrogen) atoms. The van der Waals surface area contributed by atoms with Gasteiger partial charge in [-0.2, -0.15) is 0 Å². The first kappa shape index (κ1) is 13.6. The van der Waals surface area contributed by atoms with Gasteiger partial charge in [-0.15, -0.1) is 0 Å². The van der Waals surface area contributed by atoms with E-state index in [2.05, 4.69) is 27.8 Å². The van der Waals surface area contributed by atoms with Gasteiger partial charge in [-0.1, -0.05) is 22.9 Å². The molecule has 0 aliphatic rings. The Morgan fingerprint density at radius 3 is 2.75 bits per heavy atom. The molecule has 0 amide bonds. The Bertz CT molecular complexity index is 327. The quantitative estimate of drug-likeness (QED) is 0.871. The second kappa shape index (κ2) is 6.99. The van der Waals surface area contributed by atoms with Crippen LogP contribution in [-0.2, 0) is 6.54 Å². The summed E-state index contributed by atoms with van der Waals surface area (Å²) in [6.07, 6.45) is 1.02. The van der Waals surface area contributed by atoms with E-state index in [0.717, 1.165) is 23.0 Å². The lowest BCUT2D eigenvalue weighted by Gasteiger charge is -2.21. The summed E-state index contributed by atoms with van der Waals surface area (Å²) in [7, 11) is 0. The summed E-state index contributed by atoms with van der Waals surface area (Å²) in [6.45, 7) is 4.41. The van der Waals surface area contributed by atoms with E-state index in [0.29, 0.717) is 13.1 Å². The average molecular weight is 290 g/mol. The molecule has 0 saturated carbocycles. The fraction of sp³-hybridized carbons (Fsp3) is 0.500. The minimum absolute atomic E-state index is 0.132. The molecule has 0 aromatic heterocycles. The first-order chi connectivity index (χ1) is 7.67. The molecule has 0 saturated heterocycles. The minimum Gasteiger partial charge on any atom is -0.395 e. The van der Waals surface area contributed by atoms with Crippen LogP contribution >= 0.6 is 15.9 Å². The van der Waals surface area contributed by atoms with Crippen molar-refractivity contribution in [1.82, 2.24) is 4.90 Å².